The molecule has 0 saturated heterocycles. The van der Waals surface area contributed by atoms with E-state index >= 15 is 0 Å². The first-order valence-electron chi connectivity index (χ1n) is 10.0. The Balaban J connectivity index is 1.71. The van der Waals surface area contributed by atoms with Crippen LogP contribution in [0.2, 0.25) is 15.1 Å². The summed E-state index contributed by atoms with van der Waals surface area (Å²) in [6, 6.07) is 13.0. The van der Waals surface area contributed by atoms with E-state index in [2.05, 4.69) is 5.32 Å². The van der Waals surface area contributed by atoms with Crippen LogP contribution in [0.4, 0.5) is 0 Å². The third-order valence-electron chi connectivity index (χ3n) is 5.30. The smallest absolute Gasteiger partial charge is 0.280 e. The van der Waals surface area contributed by atoms with Crippen molar-refractivity contribution in [1.29, 1.82) is 0 Å². The molecular weight excluding hydrogens is 459 g/mol. The third kappa shape index (κ3) is 5.00. The Morgan fingerprint density at radius 3 is 2.27 bits per heavy atom. The lowest BCUT2D eigenvalue weighted by Gasteiger charge is -2.14. The number of rotatable bonds is 4. The van der Waals surface area contributed by atoms with Crippen LogP contribution in [0.5, 0.6) is 0 Å². The van der Waals surface area contributed by atoms with Crippen molar-refractivity contribution >= 4 is 52.0 Å². The van der Waals surface area contributed by atoms with Gasteiger partial charge in [-0.1, -0.05) is 72.6 Å². The molecule has 1 fully saturated rings. The number of carbonyl (C=O) groups is 1. The average molecular weight is 480 g/mol. The van der Waals surface area contributed by atoms with Crippen molar-refractivity contribution < 1.29 is 4.79 Å². The Hall–Kier alpha value is -1.59. The zero-order valence-electron chi connectivity index (χ0n) is 16.3. The number of aromatic nitrogens is 1. The summed E-state index contributed by atoms with van der Waals surface area (Å²) in [5.41, 5.74) is 2.36. The monoisotopic (exact) mass is 478 g/mol. The van der Waals surface area contributed by atoms with Crippen molar-refractivity contribution in [2.75, 3.05) is 0 Å². The number of benzene rings is 2. The summed E-state index contributed by atoms with van der Waals surface area (Å²) in [6.07, 6.45) is 6.84. The number of amides is 1. The van der Waals surface area contributed by atoms with Crippen LogP contribution in [-0.4, -0.2) is 16.9 Å². The van der Waals surface area contributed by atoms with Gasteiger partial charge in [-0.15, -0.1) is 11.3 Å². The molecule has 1 aromatic heterocycles. The van der Waals surface area contributed by atoms with Crippen LogP contribution in [0.3, 0.4) is 0 Å². The van der Waals surface area contributed by atoms with Crippen LogP contribution in [0.25, 0.3) is 21.7 Å². The van der Waals surface area contributed by atoms with Gasteiger partial charge in [-0.05, 0) is 48.7 Å². The fraction of sp³-hybridized carbons (Fsp3) is 0.304. The van der Waals surface area contributed by atoms with E-state index in [0.717, 1.165) is 41.7 Å². The van der Waals surface area contributed by atoms with E-state index in [9.17, 15) is 4.79 Å². The standard InChI is InChI=1S/C23H21Cl3N2OS/c24-15-9-7-14(8-10-15)21-20(18-12-11-16(25)13-19(18)26)28-23(30-21)22(29)27-17-5-3-1-2-4-6-17/h7-13,17H,1-6H2,(H,27,29). The van der Waals surface area contributed by atoms with Crippen molar-refractivity contribution in [3.05, 3.63) is 62.5 Å². The molecular formula is C23H21Cl3N2OS. The molecule has 0 spiro atoms. The fourth-order valence-electron chi connectivity index (χ4n) is 3.75. The summed E-state index contributed by atoms with van der Waals surface area (Å²) in [4.78, 5) is 18.6. The molecule has 1 heterocycles. The van der Waals surface area contributed by atoms with Crippen LogP contribution < -0.4 is 5.32 Å². The lowest BCUT2D eigenvalue weighted by Crippen LogP contribution is -2.34. The minimum absolute atomic E-state index is 0.126. The molecule has 1 aliphatic rings. The highest BCUT2D eigenvalue weighted by Gasteiger charge is 2.23. The predicted molar refractivity (Wildman–Crippen MR) is 127 cm³/mol. The Morgan fingerprint density at radius 1 is 0.933 bits per heavy atom. The number of halogens is 3. The Bertz CT molecular complexity index is 1040. The van der Waals surface area contributed by atoms with Gasteiger partial charge in [0.15, 0.2) is 5.01 Å². The van der Waals surface area contributed by atoms with Crippen molar-refractivity contribution in [1.82, 2.24) is 10.3 Å². The summed E-state index contributed by atoms with van der Waals surface area (Å²) in [6.45, 7) is 0. The first kappa shape index (κ1) is 21.6. The second-order valence-corrected chi connectivity index (χ2v) is 9.77. The molecule has 3 nitrogen and oxygen atoms in total. The maximum absolute atomic E-state index is 13.0. The molecule has 0 radical (unpaired) electrons. The van der Waals surface area contributed by atoms with Crippen LogP contribution >= 0.6 is 46.1 Å². The minimum Gasteiger partial charge on any atom is -0.347 e. The highest BCUT2D eigenvalue weighted by atomic mass is 35.5. The molecule has 0 atom stereocenters. The largest absolute Gasteiger partial charge is 0.347 e. The van der Waals surface area contributed by atoms with Crippen molar-refractivity contribution in [3.63, 3.8) is 0 Å². The van der Waals surface area contributed by atoms with Gasteiger partial charge in [-0.2, -0.15) is 0 Å². The van der Waals surface area contributed by atoms with E-state index in [4.69, 9.17) is 39.8 Å². The van der Waals surface area contributed by atoms with Crippen molar-refractivity contribution in [2.24, 2.45) is 0 Å². The van der Waals surface area contributed by atoms with Gasteiger partial charge in [0.05, 0.1) is 15.6 Å². The van der Waals surface area contributed by atoms with Crippen molar-refractivity contribution in [3.8, 4) is 21.7 Å². The van der Waals surface area contributed by atoms with E-state index in [-0.39, 0.29) is 11.9 Å². The van der Waals surface area contributed by atoms with Crippen LogP contribution in [0.15, 0.2) is 42.5 Å². The maximum atomic E-state index is 13.0. The fourth-order valence-corrected chi connectivity index (χ4v) is 5.36. The molecule has 1 N–H and O–H groups in total. The van der Waals surface area contributed by atoms with E-state index in [1.165, 1.54) is 24.2 Å². The number of hydrogen-bond acceptors (Lipinski definition) is 3. The zero-order chi connectivity index (χ0) is 21.1. The SMILES string of the molecule is O=C(NC1CCCCCC1)c1nc(-c2ccc(Cl)cc2Cl)c(-c2ccc(Cl)cc2)s1. The summed E-state index contributed by atoms with van der Waals surface area (Å²) >= 11 is 20.0. The molecule has 4 rings (SSSR count). The molecule has 1 aliphatic carbocycles. The highest BCUT2D eigenvalue weighted by molar-refractivity contribution is 7.17. The molecule has 0 unspecified atom stereocenters. The molecule has 3 aromatic rings. The highest BCUT2D eigenvalue weighted by Crippen LogP contribution is 2.40. The van der Waals surface area contributed by atoms with E-state index < -0.39 is 0 Å². The van der Waals surface area contributed by atoms with Crippen LogP contribution in [0, 0.1) is 0 Å². The zero-order valence-corrected chi connectivity index (χ0v) is 19.3. The molecule has 30 heavy (non-hydrogen) atoms. The van der Waals surface area contributed by atoms with Gasteiger partial charge in [0.1, 0.15) is 0 Å². The molecule has 7 heteroatoms. The number of thiazole rings is 1. The number of nitrogens with zero attached hydrogens (tertiary/aromatic N) is 1. The van der Waals surface area contributed by atoms with Gasteiger partial charge in [0.2, 0.25) is 0 Å². The van der Waals surface area contributed by atoms with Crippen LogP contribution in [-0.2, 0) is 0 Å². The second-order valence-electron chi connectivity index (χ2n) is 7.49. The molecule has 0 bridgehead atoms. The van der Waals surface area contributed by atoms with E-state index in [1.807, 2.05) is 30.3 Å². The molecule has 0 aliphatic heterocycles. The topological polar surface area (TPSA) is 42.0 Å². The summed E-state index contributed by atoms with van der Waals surface area (Å²) in [7, 11) is 0. The molecule has 2 aromatic carbocycles. The van der Waals surface area contributed by atoms with Gasteiger partial charge >= 0.3 is 0 Å². The molecule has 1 amide bonds. The van der Waals surface area contributed by atoms with E-state index in [1.54, 1.807) is 12.1 Å². The van der Waals surface area contributed by atoms with E-state index in [0.29, 0.717) is 25.8 Å². The minimum atomic E-state index is -0.126. The number of hydrogen-bond donors (Lipinski definition) is 1. The number of nitrogens with one attached hydrogen (secondary N) is 1. The van der Waals surface area contributed by atoms with Gasteiger partial charge in [-0.3, -0.25) is 4.79 Å². The first-order chi connectivity index (χ1) is 14.5. The van der Waals surface area contributed by atoms with Gasteiger partial charge in [-0.25, -0.2) is 4.98 Å². The number of carbonyl (C=O) groups excluding carboxylic acids is 1. The first-order valence-corrected chi connectivity index (χ1v) is 12.0. The Labute approximate surface area is 195 Å². The summed E-state index contributed by atoms with van der Waals surface area (Å²) in [5, 5.41) is 5.33. The summed E-state index contributed by atoms with van der Waals surface area (Å²) in [5.74, 6) is -0.126. The van der Waals surface area contributed by atoms with Crippen LogP contribution in [0.1, 0.15) is 48.3 Å². The Kier molecular flexibility index (Phi) is 6.99. The molecule has 1 saturated carbocycles. The van der Waals surface area contributed by atoms with Gasteiger partial charge in [0, 0.05) is 21.7 Å². The average Bonchev–Trinajstić information content (AvgIpc) is 3.00. The lowest BCUT2D eigenvalue weighted by atomic mass is 10.1. The summed E-state index contributed by atoms with van der Waals surface area (Å²) < 4.78 is 0. The maximum Gasteiger partial charge on any atom is 0.280 e. The molecule has 156 valence electrons. The predicted octanol–water partition coefficient (Wildman–Crippen LogP) is 7.89. The Morgan fingerprint density at radius 2 is 1.60 bits per heavy atom. The van der Waals surface area contributed by atoms with Gasteiger partial charge in [0.25, 0.3) is 5.91 Å². The normalized spacial score (nSPS) is 15.0. The lowest BCUT2D eigenvalue weighted by molar-refractivity contribution is 0.0933. The second kappa shape index (κ2) is 9.69. The quantitative estimate of drug-likeness (QED) is 0.386. The van der Waals surface area contributed by atoms with Crippen molar-refractivity contribution in [2.45, 2.75) is 44.6 Å². The third-order valence-corrected chi connectivity index (χ3v) is 7.21. The van der Waals surface area contributed by atoms with Gasteiger partial charge < -0.3 is 5.32 Å².